The molecule has 130 valence electrons. The Hall–Kier alpha value is -2.54. The number of oxazole rings is 1. The van der Waals surface area contributed by atoms with E-state index in [4.69, 9.17) is 16.0 Å². The molecule has 25 heavy (non-hydrogen) atoms. The second-order valence-corrected chi connectivity index (χ2v) is 6.67. The molecule has 0 bridgehead atoms. The number of rotatable bonds is 3. The van der Waals surface area contributed by atoms with Gasteiger partial charge in [0.05, 0.1) is 12.5 Å². The van der Waals surface area contributed by atoms with E-state index in [0.717, 1.165) is 31.4 Å². The van der Waals surface area contributed by atoms with Gasteiger partial charge in [0.25, 0.3) is 11.9 Å². The summed E-state index contributed by atoms with van der Waals surface area (Å²) in [6, 6.07) is 6.17. The van der Waals surface area contributed by atoms with Crippen molar-refractivity contribution in [1.29, 1.82) is 0 Å². The molecule has 0 spiro atoms. The van der Waals surface area contributed by atoms with Gasteiger partial charge in [-0.3, -0.25) is 4.79 Å². The molecule has 1 aliphatic rings. The van der Waals surface area contributed by atoms with Crippen molar-refractivity contribution in [2.75, 3.05) is 18.0 Å². The zero-order valence-corrected chi connectivity index (χ0v) is 14.5. The van der Waals surface area contributed by atoms with Crippen LogP contribution in [0, 0.1) is 0 Å². The molecule has 0 aliphatic carbocycles. The van der Waals surface area contributed by atoms with Crippen molar-refractivity contribution in [2.45, 2.75) is 18.9 Å². The van der Waals surface area contributed by atoms with Crippen molar-refractivity contribution >= 4 is 34.6 Å². The van der Waals surface area contributed by atoms with Gasteiger partial charge in [-0.1, -0.05) is 11.6 Å². The molecule has 1 N–H and O–H groups in total. The van der Waals surface area contributed by atoms with E-state index in [9.17, 15) is 4.79 Å². The van der Waals surface area contributed by atoms with Crippen LogP contribution in [0.2, 0.25) is 5.02 Å². The Morgan fingerprint density at radius 3 is 2.88 bits per heavy atom. The number of amides is 1. The molecule has 3 aromatic rings. The minimum absolute atomic E-state index is 0.0880. The van der Waals surface area contributed by atoms with E-state index in [0.29, 0.717) is 22.3 Å². The summed E-state index contributed by atoms with van der Waals surface area (Å²) in [4.78, 5) is 22.9. The molecule has 1 aliphatic heterocycles. The van der Waals surface area contributed by atoms with Gasteiger partial charge >= 0.3 is 0 Å². The first-order valence-corrected chi connectivity index (χ1v) is 8.56. The van der Waals surface area contributed by atoms with Crippen LogP contribution < -0.4 is 10.2 Å². The summed E-state index contributed by atoms with van der Waals surface area (Å²) in [5.41, 5.74) is 2.05. The average Bonchev–Trinajstić information content (AvgIpc) is 3.21. The van der Waals surface area contributed by atoms with Gasteiger partial charge in [-0.05, 0) is 25.0 Å². The van der Waals surface area contributed by atoms with Crippen LogP contribution in [0.4, 0.5) is 6.01 Å². The number of nitrogens with zero attached hydrogens (tertiary/aromatic N) is 4. The third-order valence-electron chi connectivity index (χ3n) is 4.49. The predicted molar refractivity (Wildman–Crippen MR) is 94.9 cm³/mol. The second kappa shape index (κ2) is 6.40. The molecule has 1 aromatic carbocycles. The third kappa shape index (κ3) is 3.19. The number of nitrogens with one attached hydrogen (secondary N) is 1. The average molecular weight is 360 g/mol. The van der Waals surface area contributed by atoms with E-state index in [1.807, 2.05) is 13.1 Å². The van der Waals surface area contributed by atoms with Crippen molar-refractivity contribution in [3.8, 4) is 0 Å². The first kappa shape index (κ1) is 16.0. The molecule has 1 fully saturated rings. The van der Waals surface area contributed by atoms with Crippen molar-refractivity contribution in [1.82, 2.24) is 19.9 Å². The number of fused-ring (bicyclic) bond motifs is 1. The zero-order valence-electron chi connectivity index (χ0n) is 13.8. The first-order valence-electron chi connectivity index (χ1n) is 8.18. The van der Waals surface area contributed by atoms with Gasteiger partial charge in [0.15, 0.2) is 5.58 Å². The van der Waals surface area contributed by atoms with Gasteiger partial charge in [-0.15, -0.1) is 0 Å². The predicted octanol–water partition coefficient (Wildman–Crippen LogP) is 2.61. The Balaban J connectivity index is 1.39. The van der Waals surface area contributed by atoms with Gasteiger partial charge in [-0.25, -0.2) is 4.98 Å². The van der Waals surface area contributed by atoms with Crippen LogP contribution in [0.1, 0.15) is 23.3 Å². The van der Waals surface area contributed by atoms with Crippen LogP contribution in [-0.4, -0.2) is 39.6 Å². The van der Waals surface area contributed by atoms with Gasteiger partial charge in [0.1, 0.15) is 11.2 Å². The summed E-state index contributed by atoms with van der Waals surface area (Å²) < 4.78 is 7.53. The number of aromatic nitrogens is 3. The van der Waals surface area contributed by atoms with Crippen LogP contribution in [0.3, 0.4) is 0 Å². The summed E-state index contributed by atoms with van der Waals surface area (Å²) >= 11 is 5.99. The number of hydrogen-bond acceptors (Lipinski definition) is 5. The fraction of sp³-hybridized carbons (Fsp3) is 0.353. The lowest BCUT2D eigenvalue weighted by Crippen LogP contribution is -2.45. The van der Waals surface area contributed by atoms with Crippen LogP contribution in [0.25, 0.3) is 11.1 Å². The summed E-state index contributed by atoms with van der Waals surface area (Å²) in [5, 5.41) is 3.70. The minimum atomic E-state index is -0.0880. The lowest BCUT2D eigenvalue weighted by atomic mass is 10.1. The quantitative estimate of drug-likeness (QED) is 0.778. The highest BCUT2D eigenvalue weighted by Gasteiger charge is 2.24. The van der Waals surface area contributed by atoms with Crippen LogP contribution in [0.5, 0.6) is 0 Å². The number of aryl methyl sites for hydroxylation is 1. The molecule has 2 aromatic heterocycles. The summed E-state index contributed by atoms with van der Waals surface area (Å²) in [6.45, 7) is 1.55. The van der Waals surface area contributed by atoms with Gasteiger partial charge < -0.3 is 19.2 Å². The smallest absolute Gasteiger partial charge is 0.298 e. The van der Waals surface area contributed by atoms with Crippen molar-refractivity contribution in [3.63, 3.8) is 0 Å². The molecule has 0 atom stereocenters. The van der Waals surface area contributed by atoms with E-state index < -0.39 is 0 Å². The Morgan fingerprint density at radius 1 is 1.36 bits per heavy atom. The summed E-state index contributed by atoms with van der Waals surface area (Å²) in [6.07, 6.45) is 4.87. The van der Waals surface area contributed by atoms with E-state index in [-0.39, 0.29) is 11.9 Å². The Kier molecular flexibility index (Phi) is 4.09. The van der Waals surface area contributed by atoms with Crippen molar-refractivity contribution in [2.24, 2.45) is 7.05 Å². The highest BCUT2D eigenvalue weighted by Crippen LogP contribution is 2.26. The SMILES string of the molecule is Cn1cncc1C(=O)NC1CCN(c2nc3ccc(Cl)cc3o2)CC1. The Bertz CT molecular complexity index is 911. The normalized spacial score (nSPS) is 15.7. The molecule has 0 unspecified atom stereocenters. The lowest BCUT2D eigenvalue weighted by Gasteiger charge is -2.31. The van der Waals surface area contributed by atoms with Crippen LogP contribution in [-0.2, 0) is 7.05 Å². The number of piperidine rings is 1. The molecule has 4 rings (SSSR count). The maximum atomic E-state index is 12.3. The maximum Gasteiger partial charge on any atom is 0.298 e. The van der Waals surface area contributed by atoms with Crippen molar-refractivity contribution < 1.29 is 9.21 Å². The molecule has 7 nitrogen and oxygen atoms in total. The first-order chi connectivity index (χ1) is 12.1. The summed E-state index contributed by atoms with van der Waals surface area (Å²) in [7, 11) is 1.81. The van der Waals surface area contributed by atoms with Crippen molar-refractivity contribution in [3.05, 3.63) is 41.4 Å². The number of imidazole rings is 1. The molecular weight excluding hydrogens is 342 g/mol. The molecule has 1 saturated heterocycles. The van der Waals surface area contributed by atoms with Gasteiger partial charge in [-0.2, -0.15) is 4.98 Å². The largest absolute Gasteiger partial charge is 0.423 e. The highest BCUT2D eigenvalue weighted by atomic mass is 35.5. The molecule has 3 heterocycles. The molecular formula is C17H18ClN5O2. The van der Waals surface area contributed by atoms with Crippen LogP contribution >= 0.6 is 11.6 Å². The fourth-order valence-electron chi connectivity index (χ4n) is 3.07. The maximum absolute atomic E-state index is 12.3. The number of halogens is 1. The topological polar surface area (TPSA) is 76.2 Å². The third-order valence-corrected chi connectivity index (χ3v) is 4.72. The number of hydrogen-bond donors (Lipinski definition) is 1. The highest BCUT2D eigenvalue weighted by molar-refractivity contribution is 6.31. The molecule has 0 radical (unpaired) electrons. The summed E-state index contributed by atoms with van der Waals surface area (Å²) in [5.74, 6) is -0.0880. The van der Waals surface area contributed by atoms with Gasteiger partial charge in [0.2, 0.25) is 0 Å². The van der Waals surface area contributed by atoms with E-state index in [1.54, 1.807) is 29.2 Å². The van der Waals surface area contributed by atoms with Crippen LogP contribution in [0.15, 0.2) is 35.1 Å². The number of carbonyl (C=O) groups excluding carboxylic acids is 1. The molecule has 0 saturated carbocycles. The fourth-order valence-corrected chi connectivity index (χ4v) is 3.23. The Labute approximate surface area is 149 Å². The molecule has 8 heteroatoms. The minimum Gasteiger partial charge on any atom is -0.423 e. The van der Waals surface area contributed by atoms with E-state index >= 15 is 0 Å². The van der Waals surface area contributed by atoms with E-state index in [2.05, 4.69) is 20.2 Å². The van der Waals surface area contributed by atoms with E-state index in [1.165, 1.54) is 0 Å². The zero-order chi connectivity index (χ0) is 17.4. The standard InChI is InChI=1S/C17H18ClN5O2/c1-22-10-19-9-14(22)16(24)20-12-4-6-23(7-5-12)17-21-13-3-2-11(18)8-15(13)25-17/h2-3,8-10,12H,4-7H2,1H3,(H,20,24). The molecule has 1 amide bonds. The second-order valence-electron chi connectivity index (χ2n) is 6.23. The number of carbonyl (C=O) groups is 1. The Morgan fingerprint density at radius 2 is 2.16 bits per heavy atom. The van der Waals surface area contributed by atoms with Gasteiger partial charge in [0, 0.05) is 37.3 Å². The number of benzene rings is 1. The lowest BCUT2D eigenvalue weighted by molar-refractivity contribution is 0.0922. The number of anilines is 1. The monoisotopic (exact) mass is 359 g/mol.